The molecule has 8 aromatic rings. The van der Waals surface area contributed by atoms with Crippen molar-refractivity contribution in [3.8, 4) is 0 Å². The number of oxazole rings is 4. The van der Waals surface area contributed by atoms with E-state index in [-0.39, 0.29) is 17.3 Å². The zero-order chi connectivity index (χ0) is 49.8. The summed E-state index contributed by atoms with van der Waals surface area (Å²) in [4.78, 5) is 47.4. The highest BCUT2D eigenvalue weighted by atomic mass is 32.1. The maximum Gasteiger partial charge on any atom is 0.420 e. The van der Waals surface area contributed by atoms with Crippen LogP contribution in [0.1, 0.15) is 20.8 Å². The van der Waals surface area contributed by atoms with Gasteiger partial charge in [-0.05, 0) is 69.4 Å². The van der Waals surface area contributed by atoms with Gasteiger partial charge in [-0.25, -0.2) is 18.8 Å². The lowest BCUT2D eigenvalue weighted by Crippen LogP contribution is -2.54. The number of benzene rings is 4. The van der Waals surface area contributed by atoms with Gasteiger partial charge in [0, 0.05) is 136 Å². The van der Waals surface area contributed by atoms with Crippen LogP contribution in [0.25, 0.3) is 44.4 Å². The molecule has 0 unspecified atom stereocenters. The Morgan fingerprint density at radius 1 is 0.563 bits per heavy atom. The van der Waals surface area contributed by atoms with Gasteiger partial charge in [0.2, 0.25) is 0 Å². The molecule has 4 saturated heterocycles. The molecule has 0 bridgehead atoms. The van der Waals surface area contributed by atoms with Crippen LogP contribution in [-0.4, -0.2) is 122 Å². The Morgan fingerprint density at radius 2 is 1.01 bits per heavy atom. The standard InChI is InChI=1S/C14H19N3O2.C13H17N3O2.C12H14FN3O2.C11H13N3OS/c1-9-7-17(8-10(2)15-9)12-6-4-5-11-13(12)19-14(18)16(11)3;1-2-16-11-5-3-4-10(12(11)18-13(16)17)15-8-6-14-7-9-15;1-15-9-6-8(13)7-10(11(9)18-12(15)17)16-4-2-14-3-5-16;16-11-13-8-2-1-3-9(10(8)15-11)14-6-4-12-5-7-14/h4-6,9-10,15H,7-8H2,1-3H3;3-5,14H,2,6-9H2,1H3;6-7,14H,2-5H2,1H3;1-3,12H,4-7H2,(H,13,16)/t9-,10+;;;. The molecule has 5 N–H and O–H groups in total. The first kappa shape index (κ1) is 49.3. The second-order valence-electron chi connectivity index (χ2n) is 18.2. The second kappa shape index (κ2) is 21.8. The number of halogens is 1. The number of piperazine rings is 4. The van der Waals surface area contributed by atoms with Gasteiger partial charge >= 0.3 is 17.3 Å². The molecule has 12 rings (SSSR count). The largest absolute Gasteiger partial charge is 0.427 e. The molecule has 2 atom stereocenters. The van der Waals surface area contributed by atoms with Crippen molar-refractivity contribution >= 4 is 79.4 Å². The van der Waals surface area contributed by atoms with E-state index in [4.69, 9.17) is 29.9 Å². The third-order valence-electron chi connectivity index (χ3n) is 13.3. The highest BCUT2D eigenvalue weighted by Gasteiger charge is 2.25. The predicted molar refractivity (Wildman–Crippen MR) is 280 cm³/mol. The van der Waals surface area contributed by atoms with Crippen LogP contribution in [0.15, 0.2) is 98.8 Å². The maximum atomic E-state index is 13.6. The van der Waals surface area contributed by atoms with E-state index in [1.165, 1.54) is 16.7 Å². The number of para-hydroxylation sites is 3. The second-order valence-corrected chi connectivity index (χ2v) is 18.6. The van der Waals surface area contributed by atoms with E-state index in [1.807, 2.05) is 60.4 Å². The summed E-state index contributed by atoms with van der Waals surface area (Å²) in [6.45, 7) is 19.9. The van der Waals surface area contributed by atoms with Crippen molar-refractivity contribution in [2.24, 2.45) is 14.1 Å². The smallest absolute Gasteiger partial charge is 0.420 e. The third kappa shape index (κ3) is 10.7. The lowest BCUT2D eigenvalue weighted by atomic mass is 10.1. The van der Waals surface area contributed by atoms with Gasteiger partial charge in [-0.15, -0.1) is 0 Å². The molecule has 71 heavy (non-hydrogen) atoms. The number of nitrogens with one attached hydrogen (secondary N) is 5. The molecule has 4 aliphatic heterocycles. The molecular formula is C50H63FN12O7S. The number of aromatic nitrogens is 4. The number of H-pyrrole nitrogens is 1. The van der Waals surface area contributed by atoms with Gasteiger partial charge in [0.15, 0.2) is 22.3 Å². The lowest BCUT2D eigenvalue weighted by molar-refractivity contribution is 0.406. The zero-order valence-electron chi connectivity index (χ0n) is 40.9. The first-order chi connectivity index (χ1) is 34.4. The van der Waals surface area contributed by atoms with Crippen molar-refractivity contribution in [1.82, 2.24) is 40.0 Å². The van der Waals surface area contributed by atoms with Crippen LogP contribution in [0.3, 0.4) is 0 Å². The Labute approximate surface area is 413 Å². The number of hydrogen-bond donors (Lipinski definition) is 5. The Kier molecular flexibility index (Phi) is 15.1. The quantitative estimate of drug-likeness (QED) is 0.146. The SMILES string of the molecule is CCn1c(=O)oc2c(N3CCNCC3)cccc21.C[C@@H]1CN(c2cccc3c2oc(=O)n3C)C[C@H](C)N1.Cn1c(=O)oc2c(N3CCNCC3)cc(F)cc21.S=c1[nH]c2cccc(N3CCNCC3)c2o1. The van der Waals surface area contributed by atoms with Crippen molar-refractivity contribution < 1.29 is 22.1 Å². The summed E-state index contributed by atoms with van der Waals surface area (Å²) in [5, 5.41) is 13.4. The molecule has 21 heteroatoms. The average molecular weight is 995 g/mol. The molecule has 8 heterocycles. The molecule has 0 aliphatic carbocycles. The maximum absolute atomic E-state index is 13.6. The fourth-order valence-electron chi connectivity index (χ4n) is 9.86. The highest BCUT2D eigenvalue weighted by Crippen LogP contribution is 2.31. The number of aryl methyl sites for hydroxylation is 3. The van der Waals surface area contributed by atoms with Crippen molar-refractivity contribution in [3.05, 3.63) is 109 Å². The normalized spacial score (nSPS) is 18.6. The average Bonchev–Trinajstić information content (AvgIpc) is 4.11. The molecule has 378 valence electrons. The van der Waals surface area contributed by atoms with E-state index >= 15 is 0 Å². The van der Waals surface area contributed by atoms with Gasteiger partial charge in [0.1, 0.15) is 5.82 Å². The fraction of sp³-hybridized carbons (Fsp3) is 0.440. The highest BCUT2D eigenvalue weighted by molar-refractivity contribution is 7.71. The third-order valence-corrected chi connectivity index (χ3v) is 13.5. The number of hydrogen-bond acceptors (Lipinski definition) is 16. The molecule has 0 amide bonds. The van der Waals surface area contributed by atoms with Gasteiger partial charge < -0.3 is 63.5 Å². The summed E-state index contributed by atoms with van der Waals surface area (Å²) < 4.78 is 39.8. The van der Waals surface area contributed by atoms with Gasteiger partial charge in [-0.3, -0.25) is 13.7 Å². The minimum absolute atomic E-state index is 0.268. The van der Waals surface area contributed by atoms with Crippen molar-refractivity contribution in [2.75, 3.05) is 111 Å². The van der Waals surface area contributed by atoms with Crippen molar-refractivity contribution in [2.45, 2.75) is 39.4 Å². The number of aromatic amines is 1. The monoisotopic (exact) mass is 994 g/mol. The number of anilines is 4. The molecule has 0 saturated carbocycles. The fourth-order valence-corrected chi connectivity index (χ4v) is 10.1. The molecule has 0 radical (unpaired) electrons. The summed E-state index contributed by atoms with van der Waals surface area (Å²) >= 11 is 5.02. The van der Waals surface area contributed by atoms with E-state index in [0.717, 1.165) is 131 Å². The number of fused-ring (bicyclic) bond motifs is 4. The minimum atomic E-state index is -0.466. The van der Waals surface area contributed by atoms with Crippen LogP contribution >= 0.6 is 12.2 Å². The van der Waals surface area contributed by atoms with E-state index in [2.05, 4.69) is 60.9 Å². The summed E-state index contributed by atoms with van der Waals surface area (Å²) in [7, 11) is 3.32. The molecule has 4 fully saturated rings. The van der Waals surface area contributed by atoms with E-state index in [9.17, 15) is 18.8 Å². The Balaban J connectivity index is 0.000000117. The van der Waals surface area contributed by atoms with Crippen LogP contribution in [0.4, 0.5) is 27.1 Å². The Hall–Kier alpha value is -6.65. The molecule has 0 spiro atoms. The number of nitrogens with zero attached hydrogens (tertiary/aromatic N) is 7. The Morgan fingerprint density at radius 3 is 1.58 bits per heavy atom. The molecule has 4 aromatic carbocycles. The van der Waals surface area contributed by atoms with Gasteiger partial charge in [-0.1, -0.05) is 18.2 Å². The van der Waals surface area contributed by atoms with Crippen LogP contribution < -0.4 is 58.1 Å². The van der Waals surface area contributed by atoms with E-state index in [0.29, 0.717) is 51.4 Å². The first-order valence-corrected chi connectivity index (χ1v) is 24.8. The summed E-state index contributed by atoms with van der Waals surface area (Å²) in [6, 6.07) is 21.6. The summed E-state index contributed by atoms with van der Waals surface area (Å²) in [5.41, 5.74) is 9.77. The summed E-state index contributed by atoms with van der Waals surface area (Å²) in [5.74, 6) is -1.40. The molecule has 4 aliphatic rings. The molecule has 4 aromatic heterocycles. The lowest BCUT2D eigenvalue weighted by Gasteiger charge is -2.37. The predicted octanol–water partition coefficient (Wildman–Crippen LogP) is 4.92. The van der Waals surface area contributed by atoms with E-state index in [1.54, 1.807) is 23.2 Å². The van der Waals surface area contributed by atoms with Crippen molar-refractivity contribution in [1.29, 1.82) is 0 Å². The zero-order valence-corrected chi connectivity index (χ0v) is 41.7. The van der Waals surface area contributed by atoms with Gasteiger partial charge in [0.05, 0.1) is 44.8 Å². The first-order valence-electron chi connectivity index (χ1n) is 24.4. The van der Waals surface area contributed by atoms with Crippen LogP contribution in [0.2, 0.25) is 0 Å². The van der Waals surface area contributed by atoms with Gasteiger partial charge in [-0.2, -0.15) is 0 Å². The molecule has 19 nitrogen and oxygen atoms in total. The van der Waals surface area contributed by atoms with Crippen LogP contribution in [0, 0.1) is 10.7 Å². The van der Waals surface area contributed by atoms with E-state index < -0.39 is 5.76 Å². The Bertz CT molecular complexity index is 3340. The minimum Gasteiger partial charge on any atom is -0.427 e. The topological polar surface area (TPSA) is 195 Å². The summed E-state index contributed by atoms with van der Waals surface area (Å²) in [6.07, 6.45) is 0. The van der Waals surface area contributed by atoms with Crippen LogP contribution in [-0.2, 0) is 20.6 Å². The van der Waals surface area contributed by atoms with Gasteiger partial charge in [0.25, 0.3) is 4.84 Å². The van der Waals surface area contributed by atoms with Crippen LogP contribution in [0.5, 0.6) is 0 Å². The molecular weight excluding hydrogens is 932 g/mol. The number of rotatable bonds is 5. The van der Waals surface area contributed by atoms with Crippen molar-refractivity contribution in [3.63, 3.8) is 0 Å².